The van der Waals surface area contributed by atoms with Gasteiger partial charge in [-0.15, -0.1) is 0 Å². The van der Waals surface area contributed by atoms with Crippen LogP contribution in [0.5, 0.6) is 0 Å². The number of benzene rings is 3. The monoisotopic (exact) mass is 358 g/mol. The zero-order chi connectivity index (χ0) is 18.7. The Bertz CT molecular complexity index is 954. The topological polar surface area (TPSA) is 0 Å². The molecule has 0 amide bonds. The quantitative estimate of drug-likeness (QED) is 0.346. The van der Waals surface area contributed by atoms with E-state index in [1.807, 2.05) is 30.3 Å². The van der Waals surface area contributed by atoms with Gasteiger partial charge >= 0.3 is 0 Å². The molecule has 0 radical (unpaired) electrons. The fourth-order valence-corrected chi connectivity index (χ4v) is 3.52. The Morgan fingerprint density at radius 3 is 1.78 bits per heavy atom. The maximum absolute atomic E-state index is 12.8. The van der Waals surface area contributed by atoms with Gasteiger partial charge in [-0.25, -0.2) is 8.78 Å². The van der Waals surface area contributed by atoms with Gasteiger partial charge in [0, 0.05) is 6.42 Å². The first-order valence-corrected chi connectivity index (χ1v) is 9.11. The van der Waals surface area contributed by atoms with Crippen LogP contribution >= 0.6 is 0 Å². The molecule has 0 atom stereocenters. The van der Waals surface area contributed by atoms with Crippen molar-refractivity contribution in [3.63, 3.8) is 0 Å². The highest BCUT2D eigenvalue weighted by Gasteiger charge is 2.26. The Morgan fingerprint density at radius 2 is 1.22 bits per heavy atom. The highest BCUT2D eigenvalue weighted by molar-refractivity contribution is 5.76. The predicted molar refractivity (Wildman–Crippen MR) is 108 cm³/mol. The van der Waals surface area contributed by atoms with Crippen LogP contribution in [0.15, 0.2) is 97.1 Å². The van der Waals surface area contributed by atoms with Gasteiger partial charge in [-0.05, 0) is 45.9 Å². The SMILES string of the molecule is FC1(F)C=CC(c2ccccc2)=CC1.c1ccc2c(c1)Cc1ccccc1-2. The number of allylic oxidation sites excluding steroid dienone is 4. The van der Waals surface area contributed by atoms with Gasteiger partial charge in [0.15, 0.2) is 0 Å². The van der Waals surface area contributed by atoms with Gasteiger partial charge in [0.2, 0.25) is 0 Å². The lowest BCUT2D eigenvalue weighted by molar-refractivity contribution is 0.0579. The van der Waals surface area contributed by atoms with Crippen molar-refractivity contribution in [3.05, 3.63) is 114 Å². The second-order valence-electron chi connectivity index (χ2n) is 6.82. The van der Waals surface area contributed by atoms with Crippen molar-refractivity contribution in [3.8, 4) is 11.1 Å². The van der Waals surface area contributed by atoms with Crippen LogP contribution < -0.4 is 0 Å². The van der Waals surface area contributed by atoms with Gasteiger partial charge in [0.25, 0.3) is 5.92 Å². The van der Waals surface area contributed by atoms with Gasteiger partial charge in [-0.1, -0.05) is 91.0 Å². The smallest absolute Gasteiger partial charge is 0.202 e. The molecule has 0 saturated carbocycles. The maximum Gasteiger partial charge on any atom is 0.270 e. The third kappa shape index (κ3) is 3.90. The molecule has 0 aromatic heterocycles. The average Bonchev–Trinajstić information content (AvgIpc) is 3.08. The molecule has 0 fully saturated rings. The lowest BCUT2D eigenvalue weighted by Gasteiger charge is -2.15. The van der Waals surface area contributed by atoms with E-state index >= 15 is 0 Å². The second kappa shape index (κ2) is 7.32. The zero-order valence-corrected chi connectivity index (χ0v) is 14.9. The van der Waals surface area contributed by atoms with E-state index in [1.165, 1.54) is 28.3 Å². The number of hydrogen-bond donors (Lipinski definition) is 0. The number of rotatable bonds is 1. The molecular weight excluding hydrogens is 338 g/mol. The van der Waals surface area contributed by atoms with Gasteiger partial charge in [-0.2, -0.15) is 0 Å². The molecule has 2 heteroatoms. The molecule has 0 spiro atoms. The number of halogens is 2. The molecular formula is C25H20F2. The number of hydrogen-bond acceptors (Lipinski definition) is 0. The molecule has 3 aromatic carbocycles. The first-order chi connectivity index (χ1) is 13.1. The zero-order valence-electron chi connectivity index (χ0n) is 14.9. The third-order valence-electron chi connectivity index (χ3n) is 4.91. The standard InChI is InChI=1S/C13H10.C12H10F2/c1-3-7-12-10(5-1)9-11-6-2-4-8-13(11)12;13-12(14)8-6-11(7-9-12)10-4-2-1-3-5-10/h1-8H,9H2;1-8H,9H2. The van der Waals surface area contributed by atoms with Crippen LogP contribution in [0.2, 0.25) is 0 Å². The fourth-order valence-electron chi connectivity index (χ4n) is 3.52. The van der Waals surface area contributed by atoms with Crippen LogP contribution in [0.1, 0.15) is 23.1 Å². The summed E-state index contributed by atoms with van der Waals surface area (Å²) in [5.74, 6) is -2.67. The molecule has 2 aliphatic rings. The van der Waals surface area contributed by atoms with E-state index in [4.69, 9.17) is 0 Å². The van der Waals surface area contributed by atoms with Crippen LogP contribution in [0.25, 0.3) is 16.7 Å². The summed E-state index contributed by atoms with van der Waals surface area (Å²) in [7, 11) is 0. The van der Waals surface area contributed by atoms with Gasteiger partial charge < -0.3 is 0 Å². The van der Waals surface area contributed by atoms with Gasteiger partial charge in [0.1, 0.15) is 0 Å². The van der Waals surface area contributed by atoms with Crippen LogP contribution in [-0.2, 0) is 6.42 Å². The Labute approximate surface area is 158 Å². The van der Waals surface area contributed by atoms with Crippen molar-refractivity contribution in [1.82, 2.24) is 0 Å². The maximum atomic E-state index is 12.8. The minimum atomic E-state index is -2.67. The van der Waals surface area contributed by atoms with Crippen LogP contribution in [0.4, 0.5) is 8.78 Å². The van der Waals surface area contributed by atoms with Crippen molar-refractivity contribution >= 4 is 5.57 Å². The van der Waals surface area contributed by atoms with E-state index in [0.717, 1.165) is 23.6 Å². The van der Waals surface area contributed by atoms with Crippen LogP contribution in [-0.4, -0.2) is 5.92 Å². The minimum Gasteiger partial charge on any atom is -0.202 e. The van der Waals surface area contributed by atoms with E-state index in [2.05, 4.69) is 48.5 Å². The van der Waals surface area contributed by atoms with Crippen molar-refractivity contribution < 1.29 is 8.78 Å². The largest absolute Gasteiger partial charge is 0.270 e. The average molecular weight is 358 g/mol. The molecule has 0 aliphatic heterocycles. The lowest BCUT2D eigenvalue weighted by atomic mass is 9.98. The summed E-state index contributed by atoms with van der Waals surface area (Å²) in [5.41, 5.74) is 7.61. The summed E-state index contributed by atoms with van der Waals surface area (Å²) in [6, 6.07) is 26.8. The van der Waals surface area contributed by atoms with Crippen molar-refractivity contribution in [2.24, 2.45) is 0 Å². The molecule has 2 aliphatic carbocycles. The normalized spacial score (nSPS) is 15.9. The molecule has 5 rings (SSSR count). The number of alkyl halides is 2. The van der Waals surface area contributed by atoms with Crippen LogP contribution in [0, 0.1) is 0 Å². The highest BCUT2D eigenvalue weighted by atomic mass is 19.3. The van der Waals surface area contributed by atoms with Gasteiger partial charge in [-0.3, -0.25) is 0 Å². The van der Waals surface area contributed by atoms with Gasteiger partial charge in [0.05, 0.1) is 0 Å². The molecule has 27 heavy (non-hydrogen) atoms. The molecule has 0 nitrogen and oxygen atoms in total. The molecule has 0 unspecified atom stereocenters. The lowest BCUT2D eigenvalue weighted by Crippen LogP contribution is -2.12. The summed E-state index contributed by atoms with van der Waals surface area (Å²) in [4.78, 5) is 0. The molecule has 0 heterocycles. The Hall–Kier alpha value is -3.00. The summed E-state index contributed by atoms with van der Waals surface area (Å²) in [5, 5.41) is 0. The first-order valence-electron chi connectivity index (χ1n) is 9.11. The summed E-state index contributed by atoms with van der Waals surface area (Å²) >= 11 is 0. The minimum absolute atomic E-state index is 0.201. The van der Waals surface area contributed by atoms with E-state index in [-0.39, 0.29) is 6.42 Å². The Balaban J connectivity index is 0.000000134. The molecule has 0 bridgehead atoms. The van der Waals surface area contributed by atoms with Crippen molar-refractivity contribution in [2.75, 3.05) is 0 Å². The predicted octanol–water partition coefficient (Wildman–Crippen LogP) is 6.92. The summed E-state index contributed by atoms with van der Waals surface area (Å²) < 4.78 is 25.5. The molecule has 0 saturated heterocycles. The summed E-state index contributed by atoms with van der Waals surface area (Å²) in [6.45, 7) is 0. The van der Waals surface area contributed by atoms with E-state index in [0.29, 0.717) is 0 Å². The molecule has 0 N–H and O–H groups in total. The van der Waals surface area contributed by atoms with E-state index in [9.17, 15) is 8.78 Å². The molecule has 3 aromatic rings. The first kappa shape index (κ1) is 17.4. The summed E-state index contributed by atoms with van der Waals surface area (Å²) in [6.07, 6.45) is 4.93. The van der Waals surface area contributed by atoms with E-state index < -0.39 is 5.92 Å². The Kier molecular flexibility index (Phi) is 4.72. The highest BCUT2D eigenvalue weighted by Crippen LogP contribution is 2.35. The number of fused-ring (bicyclic) bond motifs is 3. The van der Waals surface area contributed by atoms with E-state index in [1.54, 1.807) is 6.08 Å². The molecule has 134 valence electrons. The Morgan fingerprint density at radius 1 is 0.667 bits per heavy atom. The fraction of sp³-hybridized carbons (Fsp3) is 0.120. The third-order valence-corrected chi connectivity index (χ3v) is 4.91. The van der Waals surface area contributed by atoms with Crippen molar-refractivity contribution in [2.45, 2.75) is 18.8 Å². The van der Waals surface area contributed by atoms with Crippen LogP contribution in [0.3, 0.4) is 0 Å². The van der Waals surface area contributed by atoms with Crippen molar-refractivity contribution in [1.29, 1.82) is 0 Å². The second-order valence-corrected chi connectivity index (χ2v) is 6.82.